The zero-order valence-electron chi connectivity index (χ0n) is 16.0. The summed E-state index contributed by atoms with van der Waals surface area (Å²) in [5.74, 6) is -1.08. The number of carbonyl (C=O) groups is 3. The monoisotopic (exact) mass is 385 g/mol. The molecule has 1 aromatic rings. The van der Waals surface area contributed by atoms with Gasteiger partial charge in [0.25, 0.3) is 0 Å². The van der Waals surface area contributed by atoms with Crippen LogP contribution in [-0.4, -0.2) is 46.7 Å². The van der Waals surface area contributed by atoms with Gasteiger partial charge < -0.3 is 20.1 Å². The number of rotatable bonds is 6. The van der Waals surface area contributed by atoms with E-state index in [2.05, 4.69) is 15.6 Å². The van der Waals surface area contributed by atoms with Crippen molar-refractivity contribution < 1.29 is 23.9 Å². The van der Waals surface area contributed by atoms with E-state index < -0.39 is 35.2 Å². The predicted molar refractivity (Wildman–Crippen MR) is 97.8 cm³/mol. The third-order valence-corrected chi connectivity index (χ3v) is 3.37. The van der Waals surface area contributed by atoms with Gasteiger partial charge in [0.1, 0.15) is 23.8 Å². The summed E-state index contributed by atoms with van der Waals surface area (Å²) in [6.07, 6.45) is -0.534. The van der Waals surface area contributed by atoms with E-state index in [1.165, 1.54) is 11.3 Å². The molecule has 0 saturated heterocycles. The summed E-state index contributed by atoms with van der Waals surface area (Å²) in [7, 11) is 0. The molecule has 1 aromatic heterocycles. The number of amides is 2. The summed E-state index contributed by atoms with van der Waals surface area (Å²) in [4.78, 5) is 40.3. The number of hydrogen-bond acceptors (Lipinski definition) is 7. The molecule has 0 spiro atoms. The first-order valence-electron chi connectivity index (χ1n) is 8.22. The normalized spacial score (nSPS) is 12.8. The minimum Gasteiger partial charge on any atom is -0.459 e. The molecule has 9 heteroatoms. The van der Waals surface area contributed by atoms with Crippen molar-refractivity contribution in [2.45, 2.75) is 65.2 Å². The van der Waals surface area contributed by atoms with Crippen LogP contribution in [0.25, 0.3) is 0 Å². The highest BCUT2D eigenvalue weighted by Crippen LogP contribution is 2.09. The van der Waals surface area contributed by atoms with E-state index in [-0.39, 0.29) is 13.0 Å². The van der Waals surface area contributed by atoms with Crippen molar-refractivity contribution in [1.29, 1.82) is 0 Å². The van der Waals surface area contributed by atoms with Crippen LogP contribution in [0.4, 0.5) is 4.79 Å². The van der Waals surface area contributed by atoms with Gasteiger partial charge in [0.05, 0.1) is 11.2 Å². The summed E-state index contributed by atoms with van der Waals surface area (Å²) >= 11 is 1.39. The van der Waals surface area contributed by atoms with Crippen LogP contribution in [-0.2, 0) is 25.5 Å². The first kappa shape index (κ1) is 21.9. The minimum absolute atomic E-state index is 0.183. The van der Waals surface area contributed by atoms with Crippen LogP contribution in [0.2, 0.25) is 0 Å². The lowest BCUT2D eigenvalue weighted by Gasteiger charge is -2.23. The summed E-state index contributed by atoms with van der Waals surface area (Å²) in [6.45, 7) is 10.1. The first-order chi connectivity index (χ1) is 11.9. The Morgan fingerprint density at radius 1 is 1.12 bits per heavy atom. The van der Waals surface area contributed by atoms with Gasteiger partial charge in [0.15, 0.2) is 0 Å². The Kier molecular flexibility index (Phi) is 7.55. The van der Waals surface area contributed by atoms with Crippen LogP contribution in [0, 0.1) is 0 Å². The maximum absolute atomic E-state index is 12.4. The highest BCUT2D eigenvalue weighted by atomic mass is 32.1. The average Bonchev–Trinajstić information content (AvgIpc) is 2.93. The van der Waals surface area contributed by atoms with Crippen molar-refractivity contribution in [1.82, 2.24) is 15.6 Å². The summed E-state index contributed by atoms with van der Waals surface area (Å²) in [5, 5.41) is 6.78. The maximum atomic E-state index is 12.4. The van der Waals surface area contributed by atoms with Crippen LogP contribution in [0.3, 0.4) is 0 Å². The maximum Gasteiger partial charge on any atom is 0.408 e. The van der Waals surface area contributed by atoms with Gasteiger partial charge in [-0.1, -0.05) is 0 Å². The fourth-order valence-corrected chi connectivity index (χ4v) is 2.44. The Morgan fingerprint density at radius 2 is 1.73 bits per heavy atom. The second-order valence-electron chi connectivity index (χ2n) is 7.69. The molecule has 0 unspecified atom stereocenters. The number of thiazole rings is 1. The van der Waals surface area contributed by atoms with E-state index in [1.54, 1.807) is 52.4 Å². The van der Waals surface area contributed by atoms with E-state index in [0.29, 0.717) is 5.69 Å². The Balaban J connectivity index is 2.69. The Labute approximate surface area is 157 Å². The molecule has 1 atom stereocenters. The van der Waals surface area contributed by atoms with Crippen LogP contribution in [0.1, 0.15) is 47.2 Å². The molecule has 0 fully saturated rings. The lowest BCUT2D eigenvalue weighted by atomic mass is 10.1. The SMILES string of the molecule is CC(C)(C)OC(=O)CNC(=O)[C@H](Cc1cscn1)NC(=O)OC(C)(C)C. The molecule has 0 saturated carbocycles. The summed E-state index contributed by atoms with van der Waals surface area (Å²) in [5.41, 5.74) is 0.959. The second-order valence-corrected chi connectivity index (χ2v) is 8.41. The van der Waals surface area contributed by atoms with Crippen molar-refractivity contribution in [3.63, 3.8) is 0 Å². The third kappa shape index (κ3) is 9.36. The molecule has 26 heavy (non-hydrogen) atoms. The summed E-state index contributed by atoms with van der Waals surface area (Å²) < 4.78 is 10.3. The van der Waals surface area contributed by atoms with Crippen molar-refractivity contribution in [2.24, 2.45) is 0 Å². The predicted octanol–water partition coefficient (Wildman–Crippen LogP) is 2.04. The zero-order valence-corrected chi connectivity index (χ0v) is 16.9. The van der Waals surface area contributed by atoms with Crippen molar-refractivity contribution in [3.8, 4) is 0 Å². The number of nitrogens with one attached hydrogen (secondary N) is 2. The number of hydrogen-bond donors (Lipinski definition) is 2. The number of esters is 1. The molecule has 2 amide bonds. The van der Waals surface area contributed by atoms with E-state index in [1.807, 2.05) is 0 Å². The summed E-state index contributed by atoms with van der Waals surface area (Å²) in [6, 6.07) is -0.922. The zero-order chi connectivity index (χ0) is 20.0. The number of alkyl carbamates (subject to hydrolysis) is 1. The molecule has 146 valence electrons. The molecule has 8 nitrogen and oxygen atoms in total. The quantitative estimate of drug-likeness (QED) is 0.726. The van der Waals surface area contributed by atoms with Gasteiger partial charge in [-0.05, 0) is 41.5 Å². The number of carbonyl (C=O) groups excluding carboxylic acids is 3. The van der Waals surface area contributed by atoms with Crippen LogP contribution in [0.5, 0.6) is 0 Å². The van der Waals surface area contributed by atoms with Crippen LogP contribution < -0.4 is 10.6 Å². The highest BCUT2D eigenvalue weighted by Gasteiger charge is 2.26. The highest BCUT2D eigenvalue weighted by molar-refractivity contribution is 7.07. The lowest BCUT2D eigenvalue weighted by Crippen LogP contribution is -2.50. The Hall–Kier alpha value is -2.16. The number of ether oxygens (including phenoxy) is 2. The van der Waals surface area contributed by atoms with Crippen molar-refractivity contribution in [2.75, 3.05) is 6.54 Å². The third-order valence-electron chi connectivity index (χ3n) is 2.73. The van der Waals surface area contributed by atoms with E-state index in [9.17, 15) is 14.4 Å². The fourth-order valence-electron chi connectivity index (χ4n) is 1.87. The van der Waals surface area contributed by atoms with Crippen LogP contribution in [0.15, 0.2) is 10.9 Å². The van der Waals surface area contributed by atoms with Crippen molar-refractivity contribution in [3.05, 3.63) is 16.6 Å². The molecule has 1 heterocycles. The van der Waals surface area contributed by atoms with Gasteiger partial charge in [-0.3, -0.25) is 9.59 Å². The topological polar surface area (TPSA) is 107 Å². The van der Waals surface area contributed by atoms with Gasteiger partial charge >= 0.3 is 12.1 Å². The van der Waals surface area contributed by atoms with Gasteiger partial charge in [0.2, 0.25) is 5.91 Å². The fraction of sp³-hybridized carbons (Fsp3) is 0.647. The molecule has 1 rings (SSSR count). The smallest absolute Gasteiger partial charge is 0.408 e. The lowest BCUT2D eigenvalue weighted by molar-refractivity contribution is -0.154. The van der Waals surface area contributed by atoms with Crippen LogP contribution >= 0.6 is 11.3 Å². The number of aromatic nitrogens is 1. The Bertz CT molecular complexity index is 617. The van der Waals surface area contributed by atoms with Gasteiger partial charge in [-0.25, -0.2) is 9.78 Å². The minimum atomic E-state index is -0.922. The number of nitrogens with zero attached hydrogens (tertiary/aromatic N) is 1. The first-order valence-corrected chi connectivity index (χ1v) is 9.16. The molecule has 0 aromatic carbocycles. The van der Waals surface area contributed by atoms with Crippen molar-refractivity contribution >= 4 is 29.3 Å². The molecule has 0 aliphatic rings. The van der Waals surface area contributed by atoms with Gasteiger partial charge in [-0.15, -0.1) is 11.3 Å². The largest absolute Gasteiger partial charge is 0.459 e. The molecule has 0 aliphatic heterocycles. The molecule has 2 N–H and O–H groups in total. The van der Waals surface area contributed by atoms with E-state index in [4.69, 9.17) is 9.47 Å². The molecular formula is C17H27N3O5S. The van der Waals surface area contributed by atoms with E-state index in [0.717, 1.165) is 0 Å². The molecule has 0 aliphatic carbocycles. The van der Waals surface area contributed by atoms with E-state index >= 15 is 0 Å². The molecular weight excluding hydrogens is 358 g/mol. The van der Waals surface area contributed by atoms with Gasteiger partial charge in [0, 0.05) is 11.8 Å². The van der Waals surface area contributed by atoms with Gasteiger partial charge in [-0.2, -0.15) is 0 Å². The second kappa shape index (κ2) is 8.98. The Morgan fingerprint density at radius 3 is 2.23 bits per heavy atom. The standard InChI is InChI=1S/C17H27N3O5S/c1-16(2,3)24-13(21)8-18-14(22)12(7-11-9-26-10-19-11)20-15(23)25-17(4,5)6/h9-10,12H,7-8H2,1-6H3,(H,18,22)(H,20,23)/t12-/m0/s1. The molecule has 0 radical (unpaired) electrons. The molecule has 0 bridgehead atoms. The average molecular weight is 385 g/mol.